The summed E-state index contributed by atoms with van der Waals surface area (Å²) in [4.78, 5) is 0. The molecule has 0 amide bonds. The van der Waals surface area contributed by atoms with E-state index in [0.717, 1.165) is 30.6 Å². The van der Waals surface area contributed by atoms with E-state index in [2.05, 4.69) is 13.0 Å². The standard InChI is InChI=1S/C23H33NO2/c1-2-3-4-18-5-7-19(8-6-18)9-10-21-16-25-23(26-17-21)22-13-11-20(15-24)12-14-22/h11-14,18-19,21,23H,2-10,16-17H2,1H3/t18-,19-,21-,23-. The molecule has 0 bridgehead atoms. The van der Waals surface area contributed by atoms with Crippen molar-refractivity contribution in [1.82, 2.24) is 0 Å². The molecule has 142 valence electrons. The summed E-state index contributed by atoms with van der Waals surface area (Å²) in [5, 5.41) is 8.88. The zero-order valence-corrected chi connectivity index (χ0v) is 16.2. The van der Waals surface area contributed by atoms with Gasteiger partial charge >= 0.3 is 0 Å². The smallest absolute Gasteiger partial charge is 0.183 e. The van der Waals surface area contributed by atoms with Gasteiger partial charge in [-0.15, -0.1) is 0 Å². The second-order valence-corrected chi connectivity index (χ2v) is 8.20. The van der Waals surface area contributed by atoms with Crippen molar-refractivity contribution in [1.29, 1.82) is 5.26 Å². The third-order valence-corrected chi connectivity index (χ3v) is 6.19. The van der Waals surface area contributed by atoms with Crippen LogP contribution in [0.15, 0.2) is 24.3 Å². The second-order valence-electron chi connectivity index (χ2n) is 8.20. The molecule has 3 rings (SSSR count). The van der Waals surface area contributed by atoms with Crippen LogP contribution in [0.4, 0.5) is 0 Å². The van der Waals surface area contributed by atoms with Gasteiger partial charge in [-0.05, 0) is 30.4 Å². The number of hydrogen-bond donors (Lipinski definition) is 0. The number of rotatable bonds is 7. The molecular formula is C23H33NO2. The summed E-state index contributed by atoms with van der Waals surface area (Å²) < 4.78 is 11.9. The van der Waals surface area contributed by atoms with Gasteiger partial charge in [-0.1, -0.05) is 70.4 Å². The fourth-order valence-electron chi connectivity index (χ4n) is 4.39. The van der Waals surface area contributed by atoms with Gasteiger partial charge in [-0.25, -0.2) is 0 Å². The average Bonchev–Trinajstić information content (AvgIpc) is 2.72. The minimum absolute atomic E-state index is 0.270. The molecular weight excluding hydrogens is 322 g/mol. The fraction of sp³-hybridized carbons (Fsp3) is 0.696. The van der Waals surface area contributed by atoms with Crippen LogP contribution in [-0.2, 0) is 9.47 Å². The Bertz CT molecular complexity index is 561. The van der Waals surface area contributed by atoms with Crippen molar-refractivity contribution in [2.75, 3.05) is 13.2 Å². The quantitative estimate of drug-likeness (QED) is 0.602. The molecule has 2 aliphatic rings. The van der Waals surface area contributed by atoms with Crippen LogP contribution in [0.25, 0.3) is 0 Å². The van der Waals surface area contributed by atoms with Crippen molar-refractivity contribution in [3.05, 3.63) is 35.4 Å². The van der Waals surface area contributed by atoms with E-state index in [9.17, 15) is 0 Å². The van der Waals surface area contributed by atoms with Crippen molar-refractivity contribution in [3.63, 3.8) is 0 Å². The van der Waals surface area contributed by atoms with E-state index in [1.807, 2.05) is 24.3 Å². The maximum atomic E-state index is 8.88. The molecule has 3 heteroatoms. The van der Waals surface area contributed by atoms with Crippen LogP contribution in [0.1, 0.15) is 82.1 Å². The molecule has 0 unspecified atom stereocenters. The van der Waals surface area contributed by atoms with Crippen LogP contribution < -0.4 is 0 Å². The molecule has 1 saturated heterocycles. The Balaban J connectivity index is 1.34. The number of unbranched alkanes of at least 4 members (excludes halogenated alkanes) is 1. The monoisotopic (exact) mass is 355 g/mol. The van der Waals surface area contributed by atoms with E-state index in [1.165, 1.54) is 57.8 Å². The minimum atomic E-state index is -0.270. The first-order valence-electron chi connectivity index (χ1n) is 10.5. The molecule has 0 N–H and O–H groups in total. The number of ether oxygens (including phenoxy) is 2. The van der Waals surface area contributed by atoms with Gasteiger partial charge in [-0.2, -0.15) is 5.26 Å². The lowest BCUT2D eigenvalue weighted by molar-refractivity contribution is -0.206. The third kappa shape index (κ3) is 5.56. The SMILES string of the molecule is CCCC[C@H]1CC[C@H](CC[C@H]2CO[C@H](c3ccc(C#N)cc3)OC2)CC1. The topological polar surface area (TPSA) is 42.2 Å². The molecule has 0 radical (unpaired) electrons. The predicted molar refractivity (Wildman–Crippen MR) is 103 cm³/mol. The summed E-state index contributed by atoms with van der Waals surface area (Å²) in [6, 6.07) is 9.65. The largest absolute Gasteiger partial charge is 0.348 e. The summed E-state index contributed by atoms with van der Waals surface area (Å²) in [5.74, 6) is 2.45. The summed E-state index contributed by atoms with van der Waals surface area (Å²) in [6.07, 6.45) is 12.2. The molecule has 1 aromatic carbocycles. The molecule has 26 heavy (non-hydrogen) atoms. The van der Waals surface area contributed by atoms with Crippen LogP contribution in [-0.4, -0.2) is 13.2 Å². The normalized spacial score (nSPS) is 29.2. The van der Waals surface area contributed by atoms with Crippen LogP contribution in [0.3, 0.4) is 0 Å². The number of benzene rings is 1. The first kappa shape index (κ1) is 19.4. The molecule has 1 aliphatic heterocycles. The van der Waals surface area contributed by atoms with Crippen molar-refractivity contribution in [2.24, 2.45) is 17.8 Å². The van der Waals surface area contributed by atoms with E-state index in [0.29, 0.717) is 11.5 Å². The van der Waals surface area contributed by atoms with Crippen molar-refractivity contribution >= 4 is 0 Å². The molecule has 0 spiro atoms. The fourth-order valence-corrected chi connectivity index (χ4v) is 4.39. The van der Waals surface area contributed by atoms with Crippen LogP contribution in [0.2, 0.25) is 0 Å². The molecule has 1 heterocycles. The minimum Gasteiger partial charge on any atom is -0.348 e. The maximum Gasteiger partial charge on any atom is 0.183 e. The summed E-state index contributed by atoms with van der Waals surface area (Å²) in [5.41, 5.74) is 1.68. The highest BCUT2D eigenvalue weighted by molar-refractivity contribution is 5.32. The van der Waals surface area contributed by atoms with E-state index >= 15 is 0 Å². The lowest BCUT2D eigenvalue weighted by Crippen LogP contribution is -2.28. The van der Waals surface area contributed by atoms with Gasteiger partial charge in [0, 0.05) is 11.5 Å². The number of nitriles is 1. The van der Waals surface area contributed by atoms with Gasteiger partial charge in [0.25, 0.3) is 0 Å². The Morgan fingerprint density at radius 1 is 0.885 bits per heavy atom. The van der Waals surface area contributed by atoms with E-state index in [4.69, 9.17) is 14.7 Å². The van der Waals surface area contributed by atoms with Gasteiger partial charge in [0.1, 0.15) is 0 Å². The Kier molecular flexibility index (Phi) is 7.53. The lowest BCUT2D eigenvalue weighted by Gasteiger charge is -2.32. The summed E-state index contributed by atoms with van der Waals surface area (Å²) in [7, 11) is 0. The van der Waals surface area contributed by atoms with Crippen molar-refractivity contribution in [3.8, 4) is 6.07 Å². The van der Waals surface area contributed by atoms with E-state index < -0.39 is 0 Å². The third-order valence-electron chi connectivity index (χ3n) is 6.19. The Morgan fingerprint density at radius 2 is 1.46 bits per heavy atom. The number of nitrogens with zero attached hydrogens (tertiary/aromatic N) is 1. The Hall–Kier alpha value is -1.37. The Labute approximate surface area is 158 Å². The highest BCUT2D eigenvalue weighted by atomic mass is 16.7. The highest BCUT2D eigenvalue weighted by Crippen LogP contribution is 2.35. The Morgan fingerprint density at radius 3 is 2.04 bits per heavy atom. The summed E-state index contributed by atoms with van der Waals surface area (Å²) >= 11 is 0. The molecule has 1 aromatic rings. The van der Waals surface area contributed by atoms with Gasteiger partial charge in [0.05, 0.1) is 24.8 Å². The zero-order chi connectivity index (χ0) is 18.2. The first-order chi connectivity index (χ1) is 12.8. The average molecular weight is 356 g/mol. The lowest BCUT2D eigenvalue weighted by atomic mass is 9.77. The summed E-state index contributed by atoms with van der Waals surface area (Å²) in [6.45, 7) is 3.87. The predicted octanol–water partition coefficient (Wildman–Crippen LogP) is 6.00. The molecule has 0 atom stereocenters. The highest BCUT2D eigenvalue weighted by Gasteiger charge is 2.26. The van der Waals surface area contributed by atoms with Crippen LogP contribution in [0, 0.1) is 29.1 Å². The van der Waals surface area contributed by atoms with Gasteiger partial charge < -0.3 is 9.47 Å². The molecule has 0 aromatic heterocycles. The molecule has 1 saturated carbocycles. The zero-order valence-electron chi connectivity index (χ0n) is 16.2. The van der Waals surface area contributed by atoms with Gasteiger partial charge in [-0.3, -0.25) is 0 Å². The number of hydrogen-bond acceptors (Lipinski definition) is 3. The second kappa shape index (κ2) is 10.1. The van der Waals surface area contributed by atoms with E-state index in [1.54, 1.807) is 0 Å². The first-order valence-corrected chi connectivity index (χ1v) is 10.5. The molecule has 2 fully saturated rings. The van der Waals surface area contributed by atoms with Crippen molar-refractivity contribution < 1.29 is 9.47 Å². The van der Waals surface area contributed by atoms with Crippen LogP contribution in [0.5, 0.6) is 0 Å². The van der Waals surface area contributed by atoms with Gasteiger partial charge in [0.2, 0.25) is 0 Å². The maximum absolute atomic E-state index is 8.88. The van der Waals surface area contributed by atoms with Gasteiger partial charge in [0.15, 0.2) is 6.29 Å². The molecule has 1 aliphatic carbocycles. The van der Waals surface area contributed by atoms with E-state index in [-0.39, 0.29) is 6.29 Å². The van der Waals surface area contributed by atoms with Crippen LogP contribution >= 0.6 is 0 Å². The van der Waals surface area contributed by atoms with Crippen molar-refractivity contribution in [2.45, 2.75) is 71.0 Å². The molecule has 3 nitrogen and oxygen atoms in total.